The highest BCUT2D eigenvalue weighted by atomic mass is 19.4. The van der Waals surface area contributed by atoms with Crippen LogP contribution in [0.1, 0.15) is 42.0 Å². The van der Waals surface area contributed by atoms with Crippen molar-refractivity contribution in [3.63, 3.8) is 0 Å². The Balaban J connectivity index is 1.21. The predicted molar refractivity (Wildman–Crippen MR) is 109 cm³/mol. The summed E-state index contributed by atoms with van der Waals surface area (Å²) in [6, 6.07) is 11.6. The number of carbonyl (C=O) groups is 2. The molecule has 1 N–H and O–H groups in total. The molecule has 9 heteroatoms. The molecule has 1 fully saturated rings. The molecule has 1 aliphatic heterocycles. The van der Waals surface area contributed by atoms with Crippen LogP contribution in [0.15, 0.2) is 36.4 Å². The number of esters is 2. The topological polar surface area (TPSA) is 77.5 Å². The maximum absolute atomic E-state index is 12.1. The van der Waals surface area contributed by atoms with Crippen molar-refractivity contribution < 1.29 is 32.2 Å². The number of aromatic nitrogens is 1. The Labute approximate surface area is 183 Å². The Morgan fingerprint density at radius 1 is 1.12 bits per heavy atom. The van der Waals surface area contributed by atoms with Crippen LogP contribution < -0.4 is 10.1 Å². The molecule has 1 aliphatic carbocycles. The van der Waals surface area contributed by atoms with Crippen LogP contribution in [0.4, 0.5) is 19.0 Å². The van der Waals surface area contributed by atoms with Gasteiger partial charge in [-0.3, -0.25) is 4.79 Å². The minimum Gasteiger partial charge on any atom is -0.493 e. The summed E-state index contributed by atoms with van der Waals surface area (Å²) in [5.74, 6) is -2.02. The van der Waals surface area contributed by atoms with Gasteiger partial charge < -0.3 is 14.8 Å². The number of carbonyl (C=O) groups excluding carboxylic acids is 2. The van der Waals surface area contributed by atoms with E-state index >= 15 is 0 Å². The van der Waals surface area contributed by atoms with Gasteiger partial charge in [0.1, 0.15) is 11.6 Å². The van der Waals surface area contributed by atoms with Gasteiger partial charge in [0.2, 0.25) is 0 Å². The molecule has 1 aromatic carbocycles. The molecule has 0 radical (unpaired) electrons. The number of rotatable bonds is 7. The normalized spacial score (nSPS) is 19.5. The molecule has 6 nitrogen and oxygen atoms in total. The Morgan fingerprint density at radius 2 is 1.91 bits per heavy atom. The summed E-state index contributed by atoms with van der Waals surface area (Å²) in [7, 11) is 0. The van der Waals surface area contributed by atoms with E-state index in [1.54, 1.807) is 0 Å². The fraction of sp³-hybridized carbons (Fsp3) is 0.435. The highest BCUT2D eigenvalue weighted by molar-refractivity contribution is 5.88. The van der Waals surface area contributed by atoms with Crippen molar-refractivity contribution in [3.8, 4) is 5.75 Å². The van der Waals surface area contributed by atoms with Crippen molar-refractivity contribution in [3.05, 3.63) is 53.2 Å². The lowest BCUT2D eigenvalue weighted by Gasteiger charge is -2.17. The maximum Gasteiger partial charge on any atom is 0.491 e. The summed E-state index contributed by atoms with van der Waals surface area (Å²) in [5, 5.41) is 3.32. The summed E-state index contributed by atoms with van der Waals surface area (Å²) in [6.45, 7) is 1.43. The SMILES string of the molecule is O=C(CC1CC1c1ccc(OCCc2ccc3c(n2)NCCC3)cc1)OC(=O)C(F)(F)F. The number of hydrogen-bond acceptors (Lipinski definition) is 6. The molecule has 0 bridgehead atoms. The van der Waals surface area contributed by atoms with Crippen LogP contribution in [-0.4, -0.2) is 36.3 Å². The van der Waals surface area contributed by atoms with E-state index in [0.29, 0.717) is 25.2 Å². The third kappa shape index (κ3) is 5.57. The average molecular weight is 448 g/mol. The largest absolute Gasteiger partial charge is 0.493 e. The van der Waals surface area contributed by atoms with Gasteiger partial charge in [-0.05, 0) is 60.4 Å². The number of aryl methyl sites for hydroxylation is 1. The molecule has 2 heterocycles. The smallest absolute Gasteiger partial charge is 0.491 e. The Morgan fingerprint density at radius 3 is 2.66 bits per heavy atom. The number of alkyl halides is 3. The zero-order valence-electron chi connectivity index (χ0n) is 17.3. The maximum atomic E-state index is 12.1. The van der Waals surface area contributed by atoms with Gasteiger partial charge in [0.05, 0.1) is 6.61 Å². The predicted octanol–water partition coefficient (Wildman–Crippen LogP) is 4.19. The van der Waals surface area contributed by atoms with Crippen molar-refractivity contribution in [2.75, 3.05) is 18.5 Å². The lowest BCUT2D eigenvalue weighted by Crippen LogP contribution is -2.28. The molecule has 2 aliphatic rings. The molecule has 170 valence electrons. The number of fused-ring (bicyclic) bond motifs is 1. The molecule has 4 rings (SSSR count). The fourth-order valence-electron chi connectivity index (χ4n) is 3.89. The van der Waals surface area contributed by atoms with Crippen LogP contribution in [0.5, 0.6) is 5.75 Å². The van der Waals surface area contributed by atoms with Gasteiger partial charge >= 0.3 is 18.1 Å². The molecule has 1 aromatic heterocycles. The number of benzene rings is 1. The minimum absolute atomic E-state index is 0.0600. The number of nitrogens with zero attached hydrogens (tertiary/aromatic N) is 1. The van der Waals surface area contributed by atoms with Crippen molar-refractivity contribution in [1.29, 1.82) is 0 Å². The van der Waals surface area contributed by atoms with Gasteiger partial charge in [-0.15, -0.1) is 0 Å². The first-order valence-electron chi connectivity index (χ1n) is 10.6. The van der Waals surface area contributed by atoms with Crippen molar-refractivity contribution in [2.45, 2.75) is 44.2 Å². The third-order valence-electron chi connectivity index (χ3n) is 5.68. The highest BCUT2D eigenvalue weighted by Gasteiger charge is 2.45. The van der Waals surface area contributed by atoms with Gasteiger partial charge in [0, 0.05) is 25.1 Å². The molecule has 0 spiro atoms. The summed E-state index contributed by atoms with van der Waals surface area (Å²) < 4.78 is 46.1. The number of hydrogen-bond donors (Lipinski definition) is 1. The standard InChI is InChI=1S/C23H23F3N2O4/c24-23(25,26)22(30)32-20(29)13-16-12-19(16)14-4-7-18(8-5-14)31-11-9-17-6-3-15-2-1-10-27-21(15)28-17/h3-8,16,19H,1-2,9-13H2,(H,27,28). The molecule has 1 saturated carbocycles. The van der Waals surface area contributed by atoms with E-state index in [-0.39, 0.29) is 18.3 Å². The lowest BCUT2D eigenvalue weighted by molar-refractivity contribution is -0.201. The number of nitrogens with one attached hydrogen (secondary N) is 1. The number of anilines is 1. The lowest BCUT2D eigenvalue weighted by atomic mass is 10.1. The summed E-state index contributed by atoms with van der Waals surface area (Å²) in [5.41, 5.74) is 3.18. The first kappa shape index (κ1) is 22.1. The molecule has 2 unspecified atom stereocenters. The van der Waals surface area contributed by atoms with Crippen LogP contribution in [0.3, 0.4) is 0 Å². The van der Waals surface area contributed by atoms with Crippen LogP contribution in [0, 0.1) is 5.92 Å². The highest BCUT2D eigenvalue weighted by Crippen LogP contribution is 2.50. The number of halogens is 3. The van der Waals surface area contributed by atoms with Crippen molar-refractivity contribution >= 4 is 17.8 Å². The summed E-state index contributed by atoms with van der Waals surface area (Å²) in [6.07, 6.45) is -1.87. The zero-order valence-corrected chi connectivity index (χ0v) is 17.3. The Bertz CT molecular complexity index is 992. The number of pyridine rings is 1. The molecular weight excluding hydrogens is 425 g/mol. The molecule has 32 heavy (non-hydrogen) atoms. The summed E-state index contributed by atoms with van der Waals surface area (Å²) >= 11 is 0. The second kappa shape index (κ2) is 9.18. The van der Waals surface area contributed by atoms with Gasteiger partial charge in [0.25, 0.3) is 0 Å². The summed E-state index contributed by atoms with van der Waals surface area (Å²) in [4.78, 5) is 26.9. The van der Waals surface area contributed by atoms with Crippen LogP contribution >= 0.6 is 0 Å². The fourth-order valence-corrected chi connectivity index (χ4v) is 3.89. The van der Waals surface area contributed by atoms with Crippen LogP contribution in [0.2, 0.25) is 0 Å². The Kier molecular flexibility index (Phi) is 6.34. The zero-order chi connectivity index (χ0) is 22.7. The molecule has 0 saturated heterocycles. The van der Waals surface area contributed by atoms with Gasteiger partial charge in [-0.1, -0.05) is 18.2 Å². The first-order valence-corrected chi connectivity index (χ1v) is 10.6. The minimum atomic E-state index is -5.17. The third-order valence-corrected chi connectivity index (χ3v) is 5.68. The molecule has 2 atom stereocenters. The van der Waals surface area contributed by atoms with Crippen LogP contribution in [0.25, 0.3) is 0 Å². The monoisotopic (exact) mass is 448 g/mol. The van der Waals surface area contributed by atoms with Gasteiger partial charge in [0.15, 0.2) is 0 Å². The van der Waals surface area contributed by atoms with E-state index in [9.17, 15) is 22.8 Å². The Hall–Kier alpha value is -3.10. The van der Waals surface area contributed by atoms with E-state index in [0.717, 1.165) is 36.5 Å². The van der Waals surface area contributed by atoms with Gasteiger partial charge in [-0.2, -0.15) is 13.2 Å². The molecular formula is C23H23F3N2O4. The van der Waals surface area contributed by atoms with Crippen molar-refractivity contribution in [2.24, 2.45) is 5.92 Å². The van der Waals surface area contributed by atoms with E-state index in [2.05, 4.69) is 21.1 Å². The van der Waals surface area contributed by atoms with Crippen LogP contribution in [-0.2, 0) is 27.2 Å². The molecule has 2 aromatic rings. The van der Waals surface area contributed by atoms with E-state index in [1.807, 2.05) is 30.3 Å². The second-order valence-electron chi connectivity index (χ2n) is 8.07. The van der Waals surface area contributed by atoms with Crippen molar-refractivity contribution in [1.82, 2.24) is 4.98 Å². The number of ether oxygens (including phenoxy) is 2. The van der Waals surface area contributed by atoms with E-state index in [1.165, 1.54) is 5.56 Å². The molecule has 0 amide bonds. The average Bonchev–Trinajstić information content (AvgIpc) is 3.52. The van der Waals surface area contributed by atoms with E-state index in [4.69, 9.17) is 4.74 Å². The van der Waals surface area contributed by atoms with E-state index < -0.39 is 18.1 Å². The van der Waals surface area contributed by atoms with Gasteiger partial charge in [-0.25, -0.2) is 9.78 Å². The quantitative estimate of drug-likeness (QED) is 0.506. The first-order chi connectivity index (χ1) is 15.3. The second-order valence-corrected chi connectivity index (χ2v) is 8.07.